The Morgan fingerprint density at radius 2 is 2.09 bits per heavy atom. The minimum absolute atomic E-state index is 0.140. The van der Waals surface area contributed by atoms with E-state index in [0.29, 0.717) is 13.1 Å². The second-order valence-corrected chi connectivity index (χ2v) is 6.42. The summed E-state index contributed by atoms with van der Waals surface area (Å²) in [5.41, 5.74) is 2.09. The summed E-state index contributed by atoms with van der Waals surface area (Å²) in [7, 11) is 0. The molecule has 1 aromatic heterocycles. The van der Waals surface area contributed by atoms with Crippen LogP contribution in [0.25, 0.3) is 0 Å². The van der Waals surface area contributed by atoms with Crippen LogP contribution in [0.4, 0.5) is 5.95 Å². The highest BCUT2D eigenvalue weighted by Gasteiger charge is 2.30. The maximum absolute atomic E-state index is 12.7. The Kier molecular flexibility index (Phi) is 3.99. The largest absolute Gasteiger partial charge is 0.378 e. The van der Waals surface area contributed by atoms with Gasteiger partial charge in [0.1, 0.15) is 0 Å². The molecule has 0 bridgehead atoms. The predicted octanol–water partition coefficient (Wildman–Crippen LogP) is 1.51. The number of amides is 1. The summed E-state index contributed by atoms with van der Waals surface area (Å²) in [4.78, 5) is 26.0. The Balaban J connectivity index is 1.46. The average molecular weight is 314 g/mol. The van der Waals surface area contributed by atoms with Gasteiger partial charge in [-0.1, -0.05) is 12.2 Å². The second kappa shape index (κ2) is 6.28. The molecule has 1 amide bonds. The number of allylic oxidation sites excluding steroid dienone is 2. The van der Waals surface area contributed by atoms with Crippen LogP contribution in [0.5, 0.6) is 0 Å². The average Bonchev–Trinajstić information content (AvgIpc) is 3.06. The molecule has 3 aliphatic rings. The highest BCUT2D eigenvalue weighted by Crippen LogP contribution is 2.27. The molecule has 0 radical (unpaired) electrons. The third-order valence-corrected chi connectivity index (χ3v) is 4.87. The molecule has 1 atom stereocenters. The fraction of sp³-hybridized carbons (Fsp3) is 0.588. The third kappa shape index (κ3) is 2.95. The predicted molar refractivity (Wildman–Crippen MR) is 85.8 cm³/mol. The first kappa shape index (κ1) is 14.6. The normalized spacial score (nSPS) is 23.9. The topological polar surface area (TPSA) is 58.6 Å². The van der Waals surface area contributed by atoms with Gasteiger partial charge in [0.2, 0.25) is 11.9 Å². The smallest absolute Gasteiger partial charge is 0.226 e. The number of rotatable bonds is 2. The summed E-state index contributed by atoms with van der Waals surface area (Å²) < 4.78 is 5.37. The minimum Gasteiger partial charge on any atom is -0.378 e. The van der Waals surface area contributed by atoms with E-state index >= 15 is 0 Å². The maximum Gasteiger partial charge on any atom is 0.226 e. The molecule has 6 nitrogen and oxygen atoms in total. The fourth-order valence-electron chi connectivity index (χ4n) is 3.49. The van der Waals surface area contributed by atoms with Crippen LogP contribution in [0, 0.1) is 5.92 Å². The molecule has 0 aromatic carbocycles. The van der Waals surface area contributed by atoms with E-state index in [2.05, 4.69) is 22.0 Å². The van der Waals surface area contributed by atoms with Gasteiger partial charge >= 0.3 is 0 Å². The van der Waals surface area contributed by atoms with Crippen LogP contribution in [0.3, 0.4) is 0 Å². The van der Waals surface area contributed by atoms with Gasteiger partial charge in [-0.15, -0.1) is 0 Å². The van der Waals surface area contributed by atoms with Crippen molar-refractivity contribution in [1.29, 1.82) is 0 Å². The summed E-state index contributed by atoms with van der Waals surface area (Å²) in [5.74, 6) is 1.17. The number of aromatic nitrogens is 2. The third-order valence-electron chi connectivity index (χ3n) is 4.87. The highest BCUT2D eigenvalue weighted by atomic mass is 16.5. The first-order chi connectivity index (χ1) is 11.3. The van der Waals surface area contributed by atoms with Gasteiger partial charge in [0.25, 0.3) is 0 Å². The standard InChI is InChI=1S/C17H22N4O2/c22-16(13-4-2-1-3-5-13)21-11-14-10-18-17(19-15(14)12-21)20-6-8-23-9-7-20/h1-2,10,13H,3-9,11-12H2/t13-/m1/s1. The van der Waals surface area contributed by atoms with E-state index < -0.39 is 0 Å². The van der Waals surface area contributed by atoms with Gasteiger partial charge in [-0.2, -0.15) is 0 Å². The summed E-state index contributed by atoms with van der Waals surface area (Å²) >= 11 is 0. The fourth-order valence-corrected chi connectivity index (χ4v) is 3.49. The molecule has 1 aromatic rings. The molecule has 3 heterocycles. The van der Waals surface area contributed by atoms with Gasteiger partial charge in [-0.25, -0.2) is 9.97 Å². The molecule has 4 rings (SSSR count). The van der Waals surface area contributed by atoms with Gasteiger partial charge in [-0.05, 0) is 19.3 Å². The van der Waals surface area contributed by atoms with Gasteiger partial charge in [-0.3, -0.25) is 4.79 Å². The van der Waals surface area contributed by atoms with Crippen molar-refractivity contribution in [2.24, 2.45) is 5.92 Å². The molecule has 0 spiro atoms. The zero-order valence-electron chi connectivity index (χ0n) is 13.3. The lowest BCUT2D eigenvalue weighted by atomic mass is 9.93. The Labute approximate surface area is 136 Å². The molecule has 0 unspecified atom stereocenters. The van der Waals surface area contributed by atoms with Crippen LogP contribution in [0.15, 0.2) is 18.3 Å². The number of morpholine rings is 1. The van der Waals surface area contributed by atoms with E-state index in [9.17, 15) is 4.79 Å². The number of carbonyl (C=O) groups is 1. The van der Waals surface area contributed by atoms with Crippen molar-refractivity contribution in [3.63, 3.8) is 0 Å². The van der Waals surface area contributed by atoms with Crippen molar-refractivity contribution in [2.45, 2.75) is 32.4 Å². The lowest BCUT2D eigenvalue weighted by Gasteiger charge is -2.26. The number of fused-ring (bicyclic) bond motifs is 1. The number of hydrogen-bond donors (Lipinski definition) is 0. The zero-order valence-corrected chi connectivity index (χ0v) is 13.3. The molecule has 122 valence electrons. The lowest BCUT2D eigenvalue weighted by molar-refractivity contribution is -0.136. The van der Waals surface area contributed by atoms with Crippen molar-refractivity contribution >= 4 is 11.9 Å². The van der Waals surface area contributed by atoms with E-state index in [1.165, 1.54) is 0 Å². The lowest BCUT2D eigenvalue weighted by Crippen LogP contribution is -2.37. The van der Waals surface area contributed by atoms with Crippen molar-refractivity contribution in [1.82, 2.24) is 14.9 Å². The summed E-state index contributed by atoms with van der Waals surface area (Å²) in [5, 5.41) is 0. The number of carbonyl (C=O) groups excluding carboxylic acids is 1. The minimum atomic E-state index is 0.140. The summed E-state index contributed by atoms with van der Waals surface area (Å²) in [6, 6.07) is 0. The van der Waals surface area contributed by atoms with Gasteiger partial charge < -0.3 is 14.5 Å². The molecule has 2 aliphatic heterocycles. The van der Waals surface area contributed by atoms with Crippen LogP contribution >= 0.6 is 0 Å². The summed E-state index contributed by atoms with van der Waals surface area (Å²) in [6.45, 7) is 4.37. The Morgan fingerprint density at radius 3 is 2.87 bits per heavy atom. The Morgan fingerprint density at radius 1 is 1.22 bits per heavy atom. The van der Waals surface area contributed by atoms with Crippen molar-refractivity contribution in [2.75, 3.05) is 31.2 Å². The quantitative estimate of drug-likeness (QED) is 0.775. The SMILES string of the molecule is O=C([C@@H]1CC=CCC1)N1Cc2cnc(N3CCOCC3)nc2C1. The Bertz CT molecular complexity index is 625. The molecule has 1 aliphatic carbocycles. The van der Waals surface area contributed by atoms with Gasteiger partial charge in [0, 0.05) is 37.3 Å². The molecule has 6 heteroatoms. The molecule has 0 saturated carbocycles. The van der Waals surface area contributed by atoms with Gasteiger partial charge in [0.15, 0.2) is 0 Å². The van der Waals surface area contributed by atoms with Gasteiger partial charge in [0.05, 0.1) is 25.5 Å². The summed E-state index contributed by atoms with van der Waals surface area (Å²) in [6.07, 6.45) is 9.04. The molecular weight excluding hydrogens is 292 g/mol. The van der Waals surface area contributed by atoms with E-state index in [1.54, 1.807) is 0 Å². The van der Waals surface area contributed by atoms with Crippen molar-refractivity contribution in [3.8, 4) is 0 Å². The van der Waals surface area contributed by atoms with Crippen molar-refractivity contribution < 1.29 is 9.53 Å². The van der Waals surface area contributed by atoms with Crippen LogP contribution in [-0.2, 0) is 22.6 Å². The number of hydrogen-bond acceptors (Lipinski definition) is 5. The first-order valence-corrected chi connectivity index (χ1v) is 8.42. The molecule has 1 saturated heterocycles. The van der Waals surface area contributed by atoms with Crippen LogP contribution in [0.1, 0.15) is 30.5 Å². The second-order valence-electron chi connectivity index (χ2n) is 6.42. The maximum atomic E-state index is 12.7. The monoisotopic (exact) mass is 314 g/mol. The number of nitrogens with zero attached hydrogens (tertiary/aromatic N) is 4. The van der Waals surface area contributed by atoms with Crippen LogP contribution in [0.2, 0.25) is 0 Å². The van der Waals surface area contributed by atoms with E-state index in [4.69, 9.17) is 9.72 Å². The van der Waals surface area contributed by atoms with E-state index in [1.807, 2.05) is 11.1 Å². The van der Waals surface area contributed by atoms with Crippen LogP contribution < -0.4 is 4.90 Å². The molecular formula is C17H22N4O2. The first-order valence-electron chi connectivity index (χ1n) is 8.42. The highest BCUT2D eigenvalue weighted by molar-refractivity contribution is 5.79. The number of ether oxygens (including phenoxy) is 1. The Hall–Kier alpha value is -1.95. The zero-order chi connectivity index (χ0) is 15.6. The van der Waals surface area contributed by atoms with E-state index in [-0.39, 0.29) is 11.8 Å². The number of anilines is 1. The van der Waals surface area contributed by atoms with E-state index in [0.717, 1.165) is 62.8 Å². The van der Waals surface area contributed by atoms with Crippen molar-refractivity contribution in [3.05, 3.63) is 29.6 Å². The molecule has 23 heavy (non-hydrogen) atoms. The van der Waals surface area contributed by atoms with Crippen LogP contribution in [-0.4, -0.2) is 47.1 Å². The molecule has 1 fully saturated rings. The molecule has 0 N–H and O–H groups in total.